The van der Waals surface area contributed by atoms with Gasteiger partial charge in [-0.25, -0.2) is 0 Å². The highest BCUT2D eigenvalue weighted by Gasteiger charge is 2.35. The van der Waals surface area contributed by atoms with Crippen LogP contribution in [0.5, 0.6) is 0 Å². The number of thiophene rings is 1. The zero-order valence-electron chi connectivity index (χ0n) is 21.9. The minimum absolute atomic E-state index is 0.194. The summed E-state index contributed by atoms with van der Waals surface area (Å²) in [6.07, 6.45) is 4.37. The predicted octanol–water partition coefficient (Wildman–Crippen LogP) is 5.81. The van der Waals surface area contributed by atoms with Crippen molar-refractivity contribution >= 4 is 23.6 Å². The Morgan fingerprint density at radius 2 is 1.81 bits per heavy atom. The van der Waals surface area contributed by atoms with E-state index >= 15 is 0 Å². The molecular formula is C31H38N2O3S. The number of piperidine rings is 1. The molecule has 0 bridgehead atoms. The van der Waals surface area contributed by atoms with Gasteiger partial charge in [-0.1, -0.05) is 54.6 Å². The number of ether oxygens (including phenoxy) is 1. The van der Waals surface area contributed by atoms with Crippen molar-refractivity contribution in [2.45, 2.75) is 58.2 Å². The minimum Gasteiger partial charge on any atom is -0.464 e. The highest BCUT2D eigenvalue weighted by molar-refractivity contribution is 7.13. The monoisotopic (exact) mass is 518 g/mol. The third-order valence-electron chi connectivity index (χ3n) is 7.46. The minimum atomic E-state index is -0.818. The first kappa shape index (κ1) is 27.2. The first-order valence-electron chi connectivity index (χ1n) is 13.2. The van der Waals surface area contributed by atoms with E-state index in [0.29, 0.717) is 30.4 Å². The van der Waals surface area contributed by atoms with E-state index in [9.17, 15) is 9.59 Å². The van der Waals surface area contributed by atoms with Gasteiger partial charge in [-0.3, -0.25) is 19.8 Å². The van der Waals surface area contributed by atoms with Gasteiger partial charge in [0.05, 0.1) is 11.5 Å². The van der Waals surface area contributed by atoms with Gasteiger partial charge in [-0.2, -0.15) is 0 Å². The molecule has 4 rings (SSSR count). The van der Waals surface area contributed by atoms with Crippen LogP contribution in [0.2, 0.25) is 0 Å². The van der Waals surface area contributed by atoms with Gasteiger partial charge in [0.2, 0.25) is 0 Å². The molecule has 1 aliphatic rings. The lowest BCUT2D eigenvalue weighted by molar-refractivity contribution is -0.153. The first-order valence-corrected chi connectivity index (χ1v) is 14.0. The third kappa shape index (κ3) is 7.84. The summed E-state index contributed by atoms with van der Waals surface area (Å²) in [5.74, 6) is 0.198. The van der Waals surface area contributed by atoms with Crippen molar-refractivity contribution in [2.24, 2.45) is 5.92 Å². The molecule has 1 N–H and O–H groups in total. The van der Waals surface area contributed by atoms with Crippen LogP contribution >= 0.6 is 11.3 Å². The molecule has 0 amide bonds. The van der Waals surface area contributed by atoms with Crippen molar-refractivity contribution in [1.82, 2.24) is 10.2 Å². The van der Waals surface area contributed by atoms with Crippen LogP contribution in [0.1, 0.15) is 57.4 Å². The fourth-order valence-electron chi connectivity index (χ4n) is 4.88. The molecular weight excluding hydrogens is 480 g/mol. The van der Waals surface area contributed by atoms with Crippen molar-refractivity contribution in [2.75, 3.05) is 19.7 Å². The van der Waals surface area contributed by atoms with Gasteiger partial charge < -0.3 is 4.74 Å². The Morgan fingerprint density at radius 3 is 2.51 bits per heavy atom. The molecule has 0 aliphatic carbocycles. The van der Waals surface area contributed by atoms with Gasteiger partial charge in [0.1, 0.15) is 5.54 Å². The lowest BCUT2D eigenvalue weighted by Gasteiger charge is -2.33. The molecule has 1 atom stereocenters. The summed E-state index contributed by atoms with van der Waals surface area (Å²) in [5.41, 5.74) is 3.00. The Kier molecular flexibility index (Phi) is 9.67. The van der Waals surface area contributed by atoms with Crippen molar-refractivity contribution in [3.8, 4) is 0 Å². The Balaban J connectivity index is 1.32. The quantitative estimate of drug-likeness (QED) is 0.242. The number of benzene rings is 2. The van der Waals surface area contributed by atoms with Crippen LogP contribution in [0.25, 0.3) is 0 Å². The summed E-state index contributed by atoms with van der Waals surface area (Å²) in [5, 5.41) is 3.47. The molecule has 1 saturated heterocycles. The van der Waals surface area contributed by atoms with Crippen LogP contribution in [0.3, 0.4) is 0 Å². The molecule has 1 aromatic heterocycles. The number of carbonyl (C=O) groups excluding carboxylic acids is 2. The van der Waals surface area contributed by atoms with E-state index in [1.54, 1.807) is 0 Å². The van der Waals surface area contributed by atoms with Crippen LogP contribution in [-0.4, -0.2) is 42.4 Å². The van der Waals surface area contributed by atoms with Gasteiger partial charge in [0.15, 0.2) is 6.29 Å². The number of nitrogens with zero attached hydrogens (tertiary/aromatic N) is 1. The third-order valence-corrected chi connectivity index (χ3v) is 8.47. The van der Waals surface area contributed by atoms with Crippen LogP contribution in [0, 0.1) is 12.8 Å². The number of nitrogens with one attached hydrogen (secondary N) is 1. The molecule has 37 heavy (non-hydrogen) atoms. The van der Waals surface area contributed by atoms with Crippen LogP contribution in [0.15, 0.2) is 66.7 Å². The van der Waals surface area contributed by atoms with E-state index in [0.717, 1.165) is 50.1 Å². The molecule has 0 saturated carbocycles. The van der Waals surface area contributed by atoms with E-state index in [4.69, 9.17) is 4.74 Å². The Morgan fingerprint density at radius 1 is 1.08 bits per heavy atom. The summed E-state index contributed by atoms with van der Waals surface area (Å²) in [7, 11) is 0. The number of hydrogen-bond donors (Lipinski definition) is 1. The average Bonchev–Trinajstić information content (AvgIpc) is 3.40. The van der Waals surface area contributed by atoms with E-state index in [1.165, 1.54) is 28.0 Å². The number of rotatable bonds is 12. The zero-order chi connectivity index (χ0) is 26.1. The summed E-state index contributed by atoms with van der Waals surface area (Å²) >= 11 is 1.45. The maximum Gasteiger partial charge on any atom is 0.326 e. The molecule has 5 nitrogen and oxygen atoms in total. The molecule has 0 spiro atoms. The number of aldehydes is 1. The van der Waals surface area contributed by atoms with Crippen molar-refractivity contribution in [1.29, 1.82) is 0 Å². The van der Waals surface area contributed by atoms with Gasteiger partial charge in [-0.05, 0) is 87.4 Å². The molecule has 1 aliphatic heterocycles. The number of hydrogen-bond acceptors (Lipinski definition) is 6. The predicted molar refractivity (Wildman–Crippen MR) is 150 cm³/mol. The summed E-state index contributed by atoms with van der Waals surface area (Å²) in [6, 6.07) is 22.7. The van der Waals surface area contributed by atoms with E-state index in [1.807, 2.05) is 31.2 Å². The van der Waals surface area contributed by atoms with Gasteiger partial charge >= 0.3 is 5.97 Å². The molecule has 2 aromatic carbocycles. The smallest absolute Gasteiger partial charge is 0.326 e. The average molecular weight is 519 g/mol. The molecule has 0 radical (unpaired) electrons. The van der Waals surface area contributed by atoms with Crippen LogP contribution < -0.4 is 5.32 Å². The zero-order valence-corrected chi connectivity index (χ0v) is 22.8. The second-order valence-corrected chi connectivity index (χ2v) is 11.5. The lowest BCUT2D eigenvalue weighted by atomic mass is 9.91. The number of aryl methyl sites for hydroxylation is 2. The van der Waals surface area contributed by atoms with Gasteiger partial charge in [0.25, 0.3) is 0 Å². The molecule has 196 valence electrons. The maximum atomic E-state index is 13.5. The standard InChI is InChI=1S/C31H38N2O3S/c1-24-8-6-7-11-27(24)14-17-31(2,32-20-28-12-13-29(22-34)37-28)30(35)36-23-26-15-18-33(19-16-26)21-25-9-4-3-5-10-25/h3-13,22,26,32H,14-21,23H2,1-2H3. The maximum absolute atomic E-state index is 13.5. The van der Waals surface area contributed by atoms with E-state index < -0.39 is 5.54 Å². The summed E-state index contributed by atoms with van der Waals surface area (Å²) in [4.78, 5) is 28.7. The van der Waals surface area contributed by atoms with Crippen molar-refractivity contribution in [3.05, 3.63) is 93.2 Å². The second-order valence-electron chi connectivity index (χ2n) is 10.3. The molecule has 1 unspecified atom stereocenters. The summed E-state index contributed by atoms with van der Waals surface area (Å²) in [6.45, 7) is 8.07. The van der Waals surface area contributed by atoms with Crippen LogP contribution in [-0.2, 0) is 29.0 Å². The fourth-order valence-corrected chi connectivity index (χ4v) is 5.65. The largest absolute Gasteiger partial charge is 0.464 e. The molecule has 3 aromatic rings. The Hall–Kier alpha value is -2.80. The number of carbonyl (C=O) groups is 2. The number of esters is 1. The SMILES string of the molecule is Cc1ccccc1CCC(C)(NCc1ccc(C=O)s1)C(=O)OCC1CCN(Cc2ccccc2)CC1. The van der Waals surface area contributed by atoms with Gasteiger partial charge in [-0.15, -0.1) is 11.3 Å². The highest BCUT2D eigenvalue weighted by atomic mass is 32.1. The highest BCUT2D eigenvalue weighted by Crippen LogP contribution is 2.24. The topological polar surface area (TPSA) is 58.6 Å². The lowest BCUT2D eigenvalue weighted by Crippen LogP contribution is -2.51. The summed E-state index contributed by atoms with van der Waals surface area (Å²) < 4.78 is 5.96. The molecule has 6 heteroatoms. The Labute approximate surface area is 224 Å². The molecule has 1 fully saturated rings. The van der Waals surface area contributed by atoms with Gasteiger partial charge in [0, 0.05) is 18.0 Å². The normalized spacial score (nSPS) is 16.3. The second kappa shape index (κ2) is 13.1. The Bertz CT molecular complexity index is 1150. The van der Waals surface area contributed by atoms with Crippen molar-refractivity contribution in [3.63, 3.8) is 0 Å². The molecule has 2 heterocycles. The van der Waals surface area contributed by atoms with Crippen molar-refractivity contribution < 1.29 is 14.3 Å². The fraction of sp³-hybridized carbons (Fsp3) is 0.419. The van der Waals surface area contributed by atoms with Crippen LogP contribution in [0.4, 0.5) is 0 Å². The van der Waals surface area contributed by atoms with E-state index in [-0.39, 0.29) is 5.97 Å². The first-order chi connectivity index (χ1) is 17.9. The number of likely N-dealkylation sites (tertiary alicyclic amines) is 1. The van der Waals surface area contributed by atoms with E-state index in [2.05, 4.69) is 59.6 Å².